The first kappa shape index (κ1) is 13.6. The zero-order valence-electron chi connectivity index (χ0n) is 10.2. The second-order valence-corrected chi connectivity index (χ2v) is 5.60. The molecular formula is C15H13FO2S. The predicted molar refractivity (Wildman–Crippen MR) is 72.8 cm³/mol. The molecular weight excluding hydrogens is 263 g/mol. The van der Waals surface area contributed by atoms with Crippen LogP contribution in [0.5, 0.6) is 0 Å². The van der Waals surface area contributed by atoms with Crippen LogP contribution in [0.2, 0.25) is 0 Å². The highest BCUT2D eigenvalue weighted by molar-refractivity contribution is 7.85. The Morgan fingerprint density at radius 2 is 1.63 bits per heavy atom. The Balaban J connectivity index is 1.95. The molecule has 0 bridgehead atoms. The standard InChI is InChI=1S/C15H13FO2S/c16-13-8-6-12(7-9-13)10-14(17)11-19(18)15-4-2-1-3-5-15/h1-9H,10-11H2. The van der Waals surface area contributed by atoms with Crippen molar-refractivity contribution < 1.29 is 13.4 Å². The molecule has 0 heterocycles. The van der Waals surface area contributed by atoms with Crippen LogP contribution in [0.15, 0.2) is 59.5 Å². The van der Waals surface area contributed by atoms with Crippen molar-refractivity contribution in [1.29, 1.82) is 0 Å². The fourth-order valence-electron chi connectivity index (χ4n) is 1.68. The van der Waals surface area contributed by atoms with E-state index in [-0.39, 0.29) is 23.8 Å². The van der Waals surface area contributed by atoms with E-state index < -0.39 is 10.8 Å². The molecule has 0 saturated carbocycles. The third kappa shape index (κ3) is 4.10. The summed E-state index contributed by atoms with van der Waals surface area (Å²) in [6.45, 7) is 0. The number of hydrogen-bond donors (Lipinski definition) is 0. The van der Waals surface area contributed by atoms with E-state index in [2.05, 4.69) is 0 Å². The molecule has 0 N–H and O–H groups in total. The molecule has 1 atom stereocenters. The Kier molecular flexibility index (Phi) is 4.58. The summed E-state index contributed by atoms with van der Waals surface area (Å²) >= 11 is 0. The molecule has 4 heteroatoms. The van der Waals surface area contributed by atoms with Gasteiger partial charge in [0.25, 0.3) is 0 Å². The molecule has 0 spiro atoms. The topological polar surface area (TPSA) is 34.1 Å². The monoisotopic (exact) mass is 276 g/mol. The molecule has 0 saturated heterocycles. The summed E-state index contributed by atoms with van der Waals surface area (Å²) < 4.78 is 24.7. The number of carbonyl (C=O) groups excluding carboxylic acids is 1. The number of rotatable bonds is 5. The molecule has 0 aliphatic carbocycles. The summed E-state index contributed by atoms with van der Waals surface area (Å²) in [6, 6.07) is 14.7. The van der Waals surface area contributed by atoms with Crippen LogP contribution in [0.4, 0.5) is 4.39 Å². The van der Waals surface area contributed by atoms with Gasteiger partial charge in [-0.2, -0.15) is 0 Å². The summed E-state index contributed by atoms with van der Waals surface area (Å²) in [5, 5.41) is 0. The zero-order chi connectivity index (χ0) is 13.7. The van der Waals surface area contributed by atoms with E-state index in [4.69, 9.17) is 0 Å². The van der Waals surface area contributed by atoms with Gasteiger partial charge in [0.2, 0.25) is 0 Å². The molecule has 2 aromatic carbocycles. The summed E-state index contributed by atoms with van der Waals surface area (Å²) in [5.74, 6) is -0.459. The average molecular weight is 276 g/mol. The van der Waals surface area contributed by atoms with Crippen molar-refractivity contribution in [1.82, 2.24) is 0 Å². The molecule has 2 nitrogen and oxygen atoms in total. The average Bonchev–Trinajstić information content (AvgIpc) is 2.42. The quantitative estimate of drug-likeness (QED) is 0.841. The van der Waals surface area contributed by atoms with Crippen molar-refractivity contribution in [2.24, 2.45) is 0 Å². The largest absolute Gasteiger partial charge is 0.298 e. The number of Topliss-reactive ketones (excluding diaryl/α,β-unsaturated/α-hetero) is 1. The highest BCUT2D eigenvalue weighted by Crippen LogP contribution is 2.08. The lowest BCUT2D eigenvalue weighted by Crippen LogP contribution is -2.13. The Labute approximate surface area is 113 Å². The van der Waals surface area contributed by atoms with Gasteiger partial charge in [0.1, 0.15) is 11.6 Å². The van der Waals surface area contributed by atoms with Gasteiger partial charge in [-0.25, -0.2) is 4.39 Å². The minimum atomic E-state index is -1.32. The smallest absolute Gasteiger partial charge is 0.150 e. The minimum Gasteiger partial charge on any atom is -0.298 e. The van der Waals surface area contributed by atoms with Gasteiger partial charge in [0.15, 0.2) is 0 Å². The maximum atomic E-state index is 12.7. The predicted octanol–water partition coefficient (Wildman–Crippen LogP) is 2.75. The molecule has 0 radical (unpaired) electrons. The van der Waals surface area contributed by atoms with Gasteiger partial charge in [-0.05, 0) is 29.8 Å². The van der Waals surface area contributed by atoms with Crippen LogP contribution >= 0.6 is 0 Å². The van der Waals surface area contributed by atoms with Crippen LogP contribution in [0.25, 0.3) is 0 Å². The van der Waals surface area contributed by atoms with Crippen molar-refractivity contribution in [3.8, 4) is 0 Å². The molecule has 0 amide bonds. The van der Waals surface area contributed by atoms with Gasteiger partial charge in [0, 0.05) is 11.3 Å². The van der Waals surface area contributed by atoms with Gasteiger partial charge in [-0.1, -0.05) is 30.3 Å². The number of benzene rings is 2. The van der Waals surface area contributed by atoms with E-state index in [0.29, 0.717) is 4.90 Å². The van der Waals surface area contributed by atoms with Crippen molar-refractivity contribution in [3.63, 3.8) is 0 Å². The van der Waals surface area contributed by atoms with Crippen LogP contribution < -0.4 is 0 Å². The maximum Gasteiger partial charge on any atom is 0.150 e. The van der Waals surface area contributed by atoms with E-state index in [1.807, 2.05) is 6.07 Å². The minimum absolute atomic E-state index is 0.0125. The van der Waals surface area contributed by atoms with E-state index in [9.17, 15) is 13.4 Å². The molecule has 98 valence electrons. The molecule has 0 aliphatic rings. The Morgan fingerprint density at radius 3 is 2.26 bits per heavy atom. The third-order valence-corrected chi connectivity index (χ3v) is 3.99. The lowest BCUT2D eigenvalue weighted by Gasteiger charge is -2.02. The van der Waals surface area contributed by atoms with E-state index in [1.165, 1.54) is 12.1 Å². The highest BCUT2D eigenvalue weighted by Gasteiger charge is 2.10. The van der Waals surface area contributed by atoms with Gasteiger partial charge >= 0.3 is 0 Å². The number of carbonyl (C=O) groups is 1. The number of hydrogen-bond acceptors (Lipinski definition) is 2. The van der Waals surface area contributed by atoms with E-state index in [1.54, 1.807) is 36.4 Å². The SMILES string of the molecule is O=C(Cc1ccc(F)cc1)CS(=O)c1ccccc1. The fourth-order valence-corrected chi connectivity index (χ4v) is 2.70. The second-order valence-electron chi connectivity index (χ2n) is 4.14. The van der Waals surface area contributed by atoms with Gasteiger partial charge in [-0.3, -0.25) is 9.00 Å². The lowest BCUT2D eigenvalue weighted by molar-refractivity contribution is -0.116. The van der Waals surface area contributed by atoms with Gasteiger partial charge in [0.05, 0.1) is 16.6 Å². The first-order valence-electron chi connectivity index (χ1n) is 5.85. The normalized spacial score (nSPS) is 12.1. The molecule has 0 fully saturated rings. The zero-order valence-corrected chi connectivity index (χ0v) is 11.0. The molecule has 1 unspecified atom stereocenters. The highest BCUT2D eigenvalue weighted by atomic mass is 32.2. The van der Waals surface area contributed by atoms with Crippen LogP contribution in [-0.4, -0.2) is 15.7 Å². The second kappa shape index (κ2) is 6.38. The summed E-state index contributed by atoms with van der Waals surface area (Å²) in [7, 11) is -1.32. The Hall–Kier alpha value is -1.81. The van der Waals surface area contributed by atoms with Crippen LogP contribution in [-0.2, 0) is 22.0 Å². The van der Waals surface area contributed by atoms with Crippen molar-refractivity contribution >= 4 is 16.6 Å². The molecule has 19 heavy (non-hydrogen) atoms. The molecule has 2 rings (SSSR count). The Bertz CT molecular complexity index is 579. The molecule has 0 aromatic heterocycles. The molecule has 2 aromatic rings. The van der Waals surface area contributed by atoms with Crippen LogP contribution in [0.1, 0.15) is 5.56 Å². The summed E-state index contributed by atoms with van der Waals surface area (Å²) in [4.78, 5) is 12.4. The van der Waals surface area contributed by atoms with Gasteiger partial charge in [-0.15, -0.1) is 0 Å². The number of ketones is 1. The van der Waals surface area contributed by atoms with E-state index in [0.717, 1.165) is 5.56 Å². The lowest BCUT2D eigenvalue weighted by atomic mass is 10.1. The third-order valence-electron chi connectivity index (χ3n) is 2.61. The first-order valence-corrected chi connectivity index (χ1v) is 7.16. The maximum absolute atomic E-state index is 12.7. The molecule has 0 aliphatic heterocycles. The van der Waals surface area contributed by atoms with Crippen molar-refractivity contribution in [2.75, 3.05) is 5.75 Å². The van der Waals surface area contributed by atoms with E-state index >= 15 is 0 Å². The first-order chi connectivity index (χ1) is 9.15. The van der Waals surface area contributed by atoms with Gasteiger partial charge < -0.3 is 0 Å². The van der Waals surface area contributed by atoms with Crippen LogP contribution in [0, 0.1) is 5.82 Å². The number of halogens is 1. The Morgan fingerprint density at radius 1 is 1.00 bits per heavy atom. The summed E-state index contributed by atoms with van der Waals surface area (Å²) in [6.07, 6.45) is 0.179. The van der Waals surface area contributed by atoms with Crippen LogP contribution in [0.3, 0.4) is 0 Å². The van der Waals surface area contributed by atoms with Crippen molar-refractivity contribution in [2.45, 2.75) is 11.3 Å². The summed E-state index contributed by atoms with van der Waals surface area (Å²) in [5.41, 5.74) is 0.733. The fraction of sp³-hybridized carbons (Fsp3) is 0.133. The van der Waals surface area contributed by atoms with Crippen molar-refractivity contribution in [3.05, 3.63) is 66.0 Å².